The van der Waals surface area contributed by atoms with E-state index in [1.165, 1.54) is 5.69 Å². The third kappa shape index (κ3) is 5.78. The molecule has 1 aliphatic heterocycles. The topological polar surface area (TPSA) is 79.2 Å². The van der Waals surface area contributed by atoms with E-state index in [0.29, 0.717) is 18.0 Å². The Balaban J connectivity index is 1.35. The molecule has 8 heteroatoms. The predicted molar refractivity (Wildman–Crippen MR) is 128 cm³/mol. The molecule has 3 aromatic rings. The Labute approximate surface area is 194 Å². The quantitative estimate of drug-likeness (QED) is 0.541. The molecule has 0 radical (unpaired) electrons. The minimum Gasteiger partial charge on any atom is -0.497 e. The smallest absolute Gasteiger partial charge is 0.319 e. The summed E-state index contributed by atoms with van der Waals surface area (Å²) in [5.41, 5.74) is 1.86. The monoisotopic (exact) mass is 450 g/mol. The van der Waals surface area contributed by atoms with Gasteiger partial charge in [-0.3, -0.25) is 4.90 Å². The molecule has 2 heterocycles. The van der Waals surface area contributed by atoms with E-state index in [1.807, 2.05) is 42.5 Å². The van der Waals surface area contributed by atoms with Gasteiger partial charge >= 0.3 is 6.03 Å². The molecule has 1 unspecified atom stereocenters. The van der Waals surface area contributed by atoms with Gasteiger partial charge in [-0.1, -0.05) is 6.07 Å². The number of nitrogens with zero attached hydrogens (tertiary/aromatic N) is 2. The van der Waals surface area contributed by atoms with E-state index in [0.717, 1.165) is 37.7 Å². The first-order valence-corrected chi connectivity index (χ1v) is 11.0. The van der Waals surface area contributed by atoms with Crippen LogP contribution in [0.25, 0.3) is 0 Å². The molecule has 2 amide bonds. The molecule has 8 nitrogen and oxygen atoms in total. The van der Waals surface area contributed by atoms with Crippen LogP contribution < -0.4 is 25.0 Å². The molecule has 1 aromatic heterocycles. The van der Waals surface area contributed by atoms with Crippen molar-refractivity contribution in [3.8, 4) is 11.5 Å². The number of amides is 2. The average Bonchev–Trinajstić information content (AvgIpc) is 3.39. The number of carbonyl (C=O) groups excluding carboxylic acids is 1. The van der Waals surface area contributed by atoms with Crippen molar-refractivity contribution in [3.63, 3.8) is 0 Å². The van der Waals surface area contributed by atoms with Crippen molar-refractivity contribution in [1.29, 1.82) is 0 Å². The van der Waals surface area contributed by atoms with Gasteiger partial charge in [-0.25, -0.2) is 4.79 Å². The van der Waals surface area contributed by atoms with Gasteiger partial charge in [0.15, 0.2) is 0 Å². The molecular weight excluding hydrogens is 420 g/mol. The Morgan fingerprint density at radius 3 is 2.39 bits per heavy atom. The van der Waals surface area contributed by atoms with Crippen molar-refractivity contribution in [2.45, 2.75) is 6.04 Å². The third-order valence-electron chi connectivity index (χ3n) is 5.85. The highest BCUT2D eigenvalue weighted by atomic mass is 16.5. The van der Waals surface area contributed by atoms with Gasteiger partial charge in [-0.15, -0.1) is 0 Å². The van der Waals surface area contributed by atoms with Gasteiger partial charge < -0.3 is 29.4 Å². The van der Waals surface area contributed by atoms with E-state index < -0.39 is 0 Å². The van der Waals surface area contributed by atoms with Crippen molar-refractivity contribution in [2.24, 2.45) is 0 Å². The second-order valence-electron chi connectivity index (χ2n) is 7.82. The number of methoxy groups -OCH3 is 2. The largest absolute Gasteiger partial charge is 0.497 e. The van der Waals surface area contributed by atoms with Crippen molar-refractivity contribution in [2.75, 3.05) is 57.2 Å². The van der Waals surface area contributed by atoms with Crippen LogP contribution in [0.2, 0.25) is 0 Å². The lowest BCUT2D eigenvalue weighted by molar-refractivity contribution is 0.162. The number of benzene rings is 2. The van der Waals surface area contributed by atoms with Gasteiger partial charge in [0, 0.05) is 50.2 Å². The summed E-state index contributed by atoms with van der Waals surface area (Å²) in [5, 5.41) is 5.85. The number of urea groups is 1. The molecule has 0 saturated carbocycles. The summed E-state index contributed by atoms with van der Waals surface area (Å²) >= 11 is 0. The van der Waals surface area contributed by atoms with Crippen LogP contribution in [0.3, 0.4) is 0 Å². The molecule has 2 N–H and O–H groups in total. The molecule has 174 valence electrons. The Kier molecular flexibility index (Phi) is 7.36. The summed E-state index contributed by atoms with van der Waals surface area (Å²) in [6.07, 6.45) is 1.67. The molecule has 1 aliphatic rings. The zero-order chi connectivity index (χ0) is 23.0. The molecule has 0 aliphatic carbocycles. The van der Waals surface area contributed by atoms with Gasteiger partial charge in [0.2, 0.25) is 0 Å². The van der Waals surface area contributed by atoms with Crippen LogP contribution in [0.4, 0.5) is 16.2 Å². The Morgan fingerprint density at radius 2 is 1.73 bits per heavy atom. The number of hydrogen-bond acceptors (Lipinski definition) is 6. The number of anilines is 2. The first kappa shape index (κ1) is 22.5. The first-order chi connectivity index (χ1) is 16.2. The Bertz CT molecular complexity index is 1020. The summed E-state index contributed by atoms with van der Waals surface area (Å²) in [6, 6.07) is 18.9. The second-order valence-corrected chi connectivity index (χ2v) is 7.82. The zero-order valence-electron chi connectivity index (χ0n) is 19.0. The maximum absolute atomic E-state index is 12.5. The minimum atomic E-state index is -0.267. The van der Waals surface area contributed by atoms with E-state index in [9.17, 15) is 4.79 Å². The lowest BCUT2D eigenvalue weighted by atomic mass is 10.1. The van der Waals surface area contributed by atoms with Crippen molar-refractivity contribution < 1.29 is 18.7 Å². The summed E-state index contributed by atoms with van der Waals surface area (Å²) in [7, 11) is 3.27. The molecule has 1 fully saturated rings. The minimum absolute atomic E-state index is 0.0472. The number of piperazine rings is 1. The summed E-state index contributed by atoms with van der Waals surface area (Å²) in [4.78, 5) is 17.2. The summed E-state index contributed by atoms with van der Waals surface area (Å²) in [6.45, 7) is 3.93. The zero-order valence-corrected chi connectivity index (χ0v) is 19.0. The number of rotatable bonds is 8. The highest BCUT2D eigenvalue weighted by molar-refractivity contribution is 5.89. The van der Waals surface area contributed by atoms with E-state index in [-0.39, 0.29) is 12.1 Å². The standard InChI is InChI=1S/C25H30N4O4/c1-31-21-10-8-20(9-11-21)28-12-14-29(15-13-28)23(24-7-4-16-33-24)18-26-25(30)27-19-5-3-6-22(17-19)32-2/h3-11,16-17,23H,12-15,18H2,1-2H3,(H2,26,27,30). The van der Waals surface area contributed by atoms with Crippen LogP contribution in [0.1, 0.15) is 11.8 Å². The second kappa shape index (κ2) is 10.8. The normalized spacial score (nSPS) is 15.0. The molecular formula is C25H30N4O4. The molecule has 1 atom stereocenters. The fraction of sp³-hybridized carbons (Fsp3) is 0.320. The number of carbonyl (C=O) groups is 1. The number of hydrogen-bond donors (Lipinski definition) is 2. The van der Waals surface area contributed by atoms with Gasteiger partial charge in [0.05, 0.1) is 26.5 Å². The molecule has 4 rings (SSSR count). The molecule has 0 spiro atoms. The van der Waals surface area contributed by atoms with Gasteiger partial charge in [-0.2, -0.15) is 0 Å². The van der Waals surface area contributed by atoms with Crippen molar-refractivity contribution in [3.05, 3.63) is 72.7 Å². The van der Waals surface area contributed by atoms with E-state index in [1.54, 1.807) is 26.5 Å². The van der Waals surface area contributed by atoms with Crippen LogP contribution in [0, 0.1) is 0 Å². The van der Waals surface area contributed by atoms with Crippen molar-refractivity contribution >= 4 is 17.4 Å². The van der Waals surface area contributed by atoms with E-state index in [4.69, 9.17) is 13.9 Å². The lowest BCUT2D eigenvalue weighted by Gasteiger charge is -2.39. The summed E-state index contributed by atoms with van der Waals surface area (Å²) < 4.78 is 16.2. The maximum atomic E-state index is 12.5. The van der Waals surface area contributed by atoms with Gasteiger partial charge in [0.1, 0.15) is 17.3 Å². The van der Waals surface area contributed by atoms with Crippen LogP contribution >= 0.6 is 0 Å². The Morgan fingerprint density at radius 1 is 0.970 bits per heavy atom. The summed E-state index contributed by atoms with van der Waals surface area (Å²) in [5.74, 6) is 2.39. The highest BCUT2D eigenvalue weighted by Crippen LogP contribution is 2.25. The van der Waals surface area contributed by atoms with Crippen LogP contribution in [0.15, 0.2) is 71.3 Å². The number of nitrogens with one attached hydrogen (secondary N) is 2. The maximum Gasteiger partial charge on any atom is 0.319 e. The van der Waals surface area contributed by atoms with Gasteiger partial charge in [-0.05, 0) is 48.5 Å². The van der Waals surface area contributed by atoms with E-state index >= 15 is 0 Å². The fourth-order valence-corrected chi connectivity index (χ4v) is 4.04. The Hall–Kier alpha value is -3.65. The molecule has 33 heavy (non-hydrogen) atoms. The molecule has 0 bridgehead atoms. The average molecular weight is 451 g/mol. The third-order valence-corrected chi connectivity index (χ3v) is 5.85. The highest BCUT2D eigenvalue weighted by Gasteiger charge is 2.27. The number of ether oxygens (including phenoxy) is 2. The van der Waals surface area contributed by atoms with Crippen LogP contribution in [-0.4, -0.2) is 57.9 Å². The van der Waals surface area contributed by atoms with Gasteiger partial charge in [0.25, 0.3) is 0 Å². The van der Waals surface area contributed by atoms with Crippen LogP contribution in [-0.2, 0) is 0 Å². The number of furan rings is 1. The van der Waals surface area contributed by atoms with Crippen LogP contribution in [0.5, 0.6) is 11.5 Å². The SMILES string of the molecule is COc1ccc(N2CCN(C(CNC(=O)Nc3cccc(OC)c3)c3ccco3)CC2)cc1. The fourth-order valence-electron chi connectivity index (χ4n) is 4.04. The van der Waals surface area contributed by atoms with Crippen molar-refractivity contribution in [1.82, 2.24) is 10.2 Å². The first-order valence-electron chi connectivity index (χ1n) is 11.0. The van der Waals surface area contributed by atoms with E-state index in [2.05, 4.69) is 32.6 Å². The molecule has 2 aromatic carbocycles. The predicted octanol–water partition coefficient (Wildman–Crippen LogP) is 3.98. The lowest BCUT2D eigenvalue weighted by Crippen LogP contribution is -2.50. The molecule has 1 saturated heterocycles.